The zero-order valence-corrected chi connectivity index (χ0v) is 16.9. The fraction of sp³-hybridized carbons (Fsp3) is 0.389. The van der Waals surface area contributed by atoms with E-state index in [1.54, 1.807) is 30.3 Å². The van der Waals surface area contributed by atoms with Gasteiger partial charge < -0.3 is 9.32 Å². The van der Waals surface area contributed by atoms with Gasteiger partial charge in [0.2, 0.25) is 0 Å². The fourth-order valence-corrected chi connectivity index (χ4v) is 6.45. The van der Waals surface area contributed by atoms with Crippen LogP contribution in [0.2, 0.25) is 0 Å². The lowest BCUT2D eigenvalue weighted by molar-refractivity contribution is 0.0752. The van der Waals surface area contributed by atoms with E-state index in [2.05, 4.69) is 9.97 Å². The van der Waals surface area contributed by atoms with E-state index in [1.807, 2.05) is 13.8 Å². The second-order valence-electron chi connectivity index (χ2n) is 6.82. The summed E-state index contributed by atoms with van der Waals surface area (Å²) in [6, 6.07) is 3.29. The van der Waals surface area contributed by atoms with E-state index < -0.39 is 9.84 Å². The molecule has 4 rings (SSSR count). The molecular formula is C18H19N3O4S2. The predicted molar refractivity (Wildman–Crippen MR) is 104 cm³/mol. The average Bonchev–Trinajstić information content (AvgIpc) is 3.33. The molecule has 142 valence electrons. The van der Waals surface area contributed by atoms with Crippen molar-refractivity contribution < 1.29 is 17.6 Å². The minimum absolute atomic E-state index is 0.0284. The van der Waals surface area contributed by atoms with Crippen LogP contribution in [0.5, 0.6) is 0 Å². The summed E-state index contributed by atoms with van der Waals surface area (Å²) < 4.78 is 28.9. The second-order valence-corrected chi connectivity index (χ2v) is 10.0. The molecule has 1 fully saturated rings. The van der Waals surface area contributed by atoms with Crippen LogP contribution in [-0.2, 0) is 9.84 Å². The summed E-state index contributed by atoms with van der Waals surface area (Å²) in [4.78, 5) is 25.0. The highest BCUT2D eigenvalue weighted by molar-refractivity contribution is 7.91. The second kappa shape index (κ2) is 6.42. The molecule has 1 aliphatic rings. The number of rotatable bonds is 3. The summed E-state index contributed by atoms with van der Waals surface area (Å²) in [5.41, 5.74) is 1.61. The number of furan rings is 1. The first-order valence-corrected chi connectivity index (χ1v) is 11.2. The molecule has 4 heterocycles. The maximum atomic E-state index is 13.0. The van der Waals surface area contributed by atoms with Crippen LogP contribution in [0, 0.1) is 13.8 Å². The van der Waals surface area contributed by atoms with Crippen LogP contribution in [0.4, 0.5) is 0 Å². The smallest absolute Gasteiger partial charge is 0.264 e. The number of aromatic nitrogens is 2. The molecular weight excluding hydrogens is 386 g/mol. The van der Waals surface area contributed by atoms with Crippen molar-refractivity contribution in [3.05, 3.63) is 34.5 Å². The molecule has 1 aliphatic heterocycles. The highest BCUT2D eigenvalue weighted by Crippen LogP contribution is 2.34. The fourth-order valence-electron chi connectivity index (χ4n) is 3.47. The highest BCUT2D eigenvalue weighted by Gasteiger charge is 2.34. The third-order valence-corrected chi connectivity index (χ3v) is 7.91. The van der Waals surface area contributed by atoms with Crippen molar-refractivity contribution in [2.24, 2.45) is 0 Å². The van der Waals surface area contributed by atoms with Gasteiger partial charge in [-0.3, -0.25) is 4.79 Å². The summed E-state index contributed by atoms with van der Waals surface area (Å²) in [5, 5.41) is 0.867. The number of hydrogen-bond donors (Lipinski definition) is 0. The molecule has 1 atom stereocenters. The van der Waals surface area contributed by atoms with Crippen molar-refractivity contribution >= 4 is 37.3 Å². The van der Waals surface area contributed by atoms with Crippen molar-refractivity contribution in [1.82, 2.24) is 14.9 Å². The first-order chi connectivity index (χ1) is 12.8. The van der Waals surface area contributed by atoms with Gasteiger partial charge in [-0.15, -0.1) is 11.3 Å². The van der Waals surface area contributed by atoms with Gasteiger partial charge in [-0.25, -0.2) is 18.4 Å². The lowest BCUT2D eigenvalue weighted by Crippen LogP contribution is -2.37. The molecule has 7 nitrogen and oxygen atoms in total. The summed E-state index contributed by atoms with van der Waals surface area (Å²) in [7, 11) is -1.38. The molecule has 0 bridgehead atoms. The van der Waals surface area contributed by atoms with E-state index in [4.69, 9.17) is 4.42 Å². The highest BCUT2D eigenvalue weighted by atomic mass is 32.2. The molecule has 0 spiro atoms. The van der Waals surface area contributed by atoms with Crippen molar-refractivity contribution in [2.75, 3.05) is 18.6 Å². The predicted octanol–water partition coefficient (Wildman–Crippen LogP) is 2.83. The van der Waals surface area contributed by atoms with Gasteiger partial charge in [0.1, 0.15) is 4.83 Å². The van der Waals surface area contributed by atoms with Crippen molar-refractivity contribution in [3.8, 4) is 11.6 Å². The third-order valence-electron chi connectivity index (χ3n) is 4.98. The molecule has 0 unspecified atom stereocenters. The number of carbonyl (C=O) groups excluding carboxylic acids is 1. The molecule has 0 aromatic carbocycles. The number of sulfone groups is 1. The maximum Gasteiger partial charge on any atom is 0.264 e. The SMILES string of the molecule is Cc1nc(-c2ccco2)nc2sc(C(=O)N(C)[C@H]3CCS(=O)(=O)C3)c(C)c12. The lowest BCUT2D eigenvalue weighted by Gasteiger charge is -2.23. The van der Waals surface area contributed by atoms with Gasteiger partial charge in [0, 0.05) is 18.5 Å². The number of hydrogen-bond acceptors (Lipinski definition) is 7. The Balaban J connectivity index is 1.73. The molecule has 3 aromatic rings. The largest absolute Gasteiger partial charge is 0.461 e. The van der Waals surface area contributed by atoms with Gasteiger partial charge in [-0.05, 0) is 38.0 Å². The molecule has 27 heavy (non-hydrogen) atoms. The number of fused-ring (bicyclic) bond motifs is 1. The average molecular weight is 406 g/mol. The Labute approximate surface area is 161 Å². The Morgan fingerprint density at radius 1 is 1.33 bits per heavy atom. The zero-order valence-electron chi connectivity index (χ0n) is 15.2. The Kier molecular flexibility index (Phi) is 4.31. The quantitative estimate of drug-likeness (QED) is 0.665. The van der Waals surface area contributed by atoms with Crippen LogP contribution in [0.1, 0.15) is 27.3 Å². The molecule has 1 amide bonds. The van der Waals surface area contributed by atoms with E-state index >= 15 is 0 Å². The van der Waals surface area contributed by atoms with Crippen LogP contribution in [0.3, 0.4) is 0 Å². The first kappa shape index (κ1) is 18.1. The standard InChI is InChI=1S/C18H19N3O4S2/c1-10-14-11(2)19-16(13-5-4-7-25-13)20-17(14)26-15(10)18(22)21(3)12-6-8-27(23,24)9-12/h4-5,7,12H,6,8-9H2,1-3H3/t12-/m0/s1. The van der Waals surface area contributed by atoms with Gasteiger partial charge in [0.05, 0.1) is 28.3 Å². The molecule has 3 aromatic heterocycles. The maximum absolute atomic E-state index is 13.0. The number of nitrogens with zero attached hydrogens (tertiary/aromatic N) is 3. The topological polar surface area (TPSA) is 93.4 Å². The Morgan fingerprint density at radius 3 is 2.74 bits per heavy atom. The van der Waals surface area contributed by atoms with Gasteiger partial charge in [0.25, 0.3) is 5.91 Å². The third kappa shape index (κ3) is 3.14. The van der Waals surface area contributed by atoms with E-state index in [-0.39, 0.29) is 23.5 Å². The molecule has 1 saturated heterocycles. The molecule has 0 saturated carbocycles. The molecule has 0 radical (unpaired) electrons. The Morgan fingerprint density at radius 2 is 2.11 bits per heavy atom. The van der Waals surface area contributed by atoms with Gasteiger partial charge in [0.15, 0.2) is 21.4 Å². The number of aryl methyl sites for hydroxylation is 2. The molecule has 0 N–H and O–H groups in total. The summed E-state index contributed by atoms with van der Waals surface area (Å²) in [6.45, 7) is 3.77. The van der Waals surface area contributed by atoms with E-state index in [0.29, 0.717) is 22.9 Å². The van der Waals surface area contributed by atoms with Gasteiger partial charge in [-0.2, -0.15) is 0 Å². The minimum Gasteiger partial charge on any atom is -0.461 e. The van der Waals surface area contributed by atoms with Crippen LogP contribution in [0.25, 0.3) is 21.8 Å². The lowest BCUT2D eigenvalue weighted by atomic mass is 10.1. The first-order valence-electron chi connectivity index (χ1n) is 8.56. The summed E-state index contributed by atoms with van der Waals surface area (Å²) in [6.07, 6.45) is 2.05. The van der Waals surface area contributed by atoms with Crippen LogP contribution in [0.15, 0.2) is 22.8 Å². The monoisotopic (exact) mass is 405 g/mol. The van der Waals surface area contributed by atoms with Gasteiger partial charge in [-0.1, -0.05) is 0 Å². The summed E-state index contributed by atoms with van der Waals surface area (Å²) in [5.74, 6) is 1.06. The van der Waals surface area contributed by atoms with Crippen molar-refractivity contribution in [3.63, 3.8) is 0 Å². The zero-order chi connectivity index (χ0) is 19.3. The van der Waals surface area contributed by atoms with Crippen LogP contribution >= 0.6 is 11.3 Å². The Bertz CT molecular complexity index is 1130. The number of amides is 1. The van der Waals surface area contributed by atoms with Gasteiger partial charge >= 0.3 is 0 Å². The number of carbonyl (C=O) groups is 1. The molecule has 9 heteroatoms. The normalized spacial score (nSPS) is 18.9. The van der Waals surface area contributed by atoms with Crippen molar-refractivity contribution in [2.45, 2.75) is 26.3 Å². The number of thiophene rings is 1. The summed E-state index contributed by atoms with van der Waals surface area (Å²) >= 11 is 1.31. The Hall–Kier alpha value is -2.26. The van der Waals surface area contributed by atoms with E-state index in [9.17, 15) is 13.2 Å². The van der Waals surface area contributed by atoms with E-state index in [1.165, 1.54) is 11.3 Å². The van der Waals surface area contributed by atoms with Crippen LogP contribution in [-0.4, -0.2) is 53.8 Å². The van der Waals surface area contributed by atoms with Crippen molar-refractivity contribution in [1.29, 1.82) is 0 Å². The minimum atomic E-state index is -3.05. The molecule has 0 aliphatic carbocycles. The van der Waals surface area contributed by atoms with E-state index in [0.717, 1.165) is 21.5 Å². The van der Waals surface area contributed by atoms with Crippen LogP contribution < -0.4 is 0 Å².